The molecule has 1 aliphatic heterocycles. The zero-order valence-electron chi connectivity index (χ0n) is 20.2. The van der Waals surface area contributed by atoms with E-state index in [0.29, 0.717) is 29.9 Å². The number of amides is 2. The second kappa shape index (κ2) is 9.83. The summed E-state index contributed by atoms with van der Waals surface area (Å²) in [6, 6.07) is 5.42. The lowest BCUT2D eigenvalue weighted by Gasteiger charge is -2.31. The van der Waals surface area contributed by atoms with Crippen LogP contribution in [0.2, 0.25) is 0 Å². The Balaban J connectivity index is 1.76. The molecule has 1 atom stereocenters. The maximum absolute atomic E-state index is 13.5. The number of benzene rings is 1. The second-order valence-electron chi connectivity index (χ2n) is 9.65. The Hall–Kier alpha value is -2.79. The van der Waals surface area contributed by atoms with Crippen LogP contribution in [0.1, 0.15) is 45.0 Å². The molecule has 0 unspecified atom stereocenters. The molecular formula is C23H32FN5O4S. The van der Waals surface area contributed by atoms with E-state index in [1.807, 2.05) is 20.8 Å². The molecule has 2 N–H and O–H groups in total. The van der Waals surface area contributed by atoms with E-state index in [0.717, 1.165) is 0 Å². The molecule has 0 aliphatic carbocycles. The highest BCUT2D eigenvalue weighted by atomic mass is 32.2. The van der Waals surface area contributed by atoms with Gasteiger partial charge in [-0.15, -0.1) is 0 Å². The maximum Gasteiger partial charge on any atom is 0.246 e. The van der Waals surface area contributed by atoms with Gasteiger partial charge in [-0.05, 0) is 71.7 Å². The number of aromatic nitrogens is 2. The number of piperidine rings is 1. The van der Waals surface area contributed by atoms with Gasteiger partial charge in [0.05, 0.1) is 17.3 Å². The summed E-state index contributed by atoms with van der Waals surface area (Å²) in [7, 11) is -3.93. The highest BCUT2D eigenvalue weighted by molar-refractivity contribution is 7.89. The monoisotopic (exact) mass is 493 g/mol. The van der Waals surface area contributed by atoms with Gasteiger partial charge in [0, 0.05) is 24.3 Å². The minimum absolute atomic E-state index is 0.0317. The van der Waals surface area contributed by atoms with Crippen LogP contribution in [0.15, 0.2) is 29.2 Å². The van der Waals surface area contributed by atoms with Crippen LogP contribution in [0.3, 0.4) is 0 Å². The second-order valence-corrected chi connectivity index (χ2v) is 11.5. The van der Waals surface area contributed by atoms with Crippen molar-refractivity contribution in [3.05, 3.63) is 41.5 Å². The SMILES string of the molecule is Cc1nn(CC(=O)NC(C)(C)C)c(C)c1S(=O)(=O)N1CCC[C@H](C(=O)Nc2ccc(F)cc2)C1. The van der Waals surface area contributed by atoms with Crippen LogP contribution in [0.4, 0.5) is 10.1 Å². The summed E-state index contributed by atoms with van der Waals surface area (Å²) in [5, 5.41) is 9.87. The van der Waals surface area contributed by atoms with E-state index < -0.39 is 27.3 Å². The zero-order valence-corrected chi connectivity index (χ0v) is 21.0. The smallest absolute Gasteiger partial charge is 0.246 e. The molecule has 1 saturated heterocycles. The molecule has 186 valence electrons. The Morgan fingerprint density at radius 2 is 1.82 bits per heavy atom. The van der Waals surface area contributed by atoms with Crippen molar-refractivity contribution in [1.29, 1.82) is 0 Å². The van der Waals surface area contributed by atoms with Crippen LogP contribution >= 0.6 is 0 Å². The van der Waals surface area contributed by atoms with E-state index in [-0.39, 0.29) is 36.3 Å². The highest BCUT2D eigenvalue weighted by Gasteiger charge is 2.36. The van der Waals surface area contributed by atoms with Crippen LogP contribution in [0, 0.1) is 25.6 Å². The first-order chi connectivity index (χ1) is 15.8. The summed E-state index contributed by atoms with van der Waals surface area (Å²) >= 11 is 0. The van der Waals surface area contributed by atoms with Gasteiger partial charge in [0.15, 0.2) is 0 Å². The number of halogens is 1. The fourth-order valence-electron chi connectivity index (χ4n) is 4.08. The first kappa shape index (κ1) is 25.8. The average Bonchev–Trinajstić information content (AvgIpc) is 3.01. The molecule has 34 heavy (non-hydrogen) atoms. The van der Waals surface area contributed by atoms with Crippen LogP contribution in [0.5, 0.6) is 0 Å². The van der Waals surface area contributed by atoms with E-state index in [2.05, 4.69) is 15.7 Å². The van der Waals surface area contributed by atoms with Gasteiger partial charge in [-0.2, -0.15) is 9.40 Å². The number of aryl methyl sites for hydroxylation is 1. The van der Waals surface area contributed by atoms with Crippen molar-refractivity contribution < 1.29 is 22.4 Å². The van der Waals surface area contributed by atoms with Crippen molar-refractivity contribution in [1.82, 2.24) is 19.4 Å². The molecule has 2 heterocycles. The van der Waals surface area contributed by atoms with Gasteiger partial charge in [-0.25, -0.2) is 12.8 Å². The maximum atomic E-state index is 13.5. The molecule has 9 nitrogen and oxygen atoms in total. The normalized spacial score (nSPS) is 17.4. The predicted octanol–water partition coefficient (Wildman–Crippen LogP) is 2.59. The van der Waals surface area contributed by atoms with Crippen molar-refractivity contribution in [2.45, 2.75) is 64.4 Å². The highest BCUT2D eigenvalue weighted by Crippen LogP contribution is 2.28. The quantitative estimate of drug-likeness (QED) is 0.642. The van der Waals surface area contributed by atoms with Crippen molar-refractivity contribution in [2.75, 3.05) is 18.4 Å². The van der Waals surface area contributed by atoms with E-state index in [4.69, 9.17) is 0 Å². The summed E-state index contributed by atoms with van der Waals surface area (Å²) in [5.41, 5.74) is 0.714. The van der Waals surface area contributed by atoms with Gasteiger partial charge in [-0.1, -0.05) is 0 Å². The third-order valence-electron chi connectivity index (χ3n) is 5.59. The summed E-state index contributed by atoms with van der Waals surface area (Å²) < 4.78 is 42.9. The Labute approximate surface area is 199 Å². The van der Waals surface area contributed by atoms with E-state index in [1.54, 1.807) is 13.8 Å². The summed E-state index contributed by atoms with van der Waals surface area (Å²) in [4.78, 5) is 25.2. The molecule has 1 aromatic carbocycles. The first-order valence-corrected chi connectivity index (χ1v) is 12.6. The molecular weight excluding hydrogens is 461 g/mol. The van der Waals surface area contributed by atoms with Crippen molar-refractivity contribution in [3.8, 4) is 0 Å². The lowest BCUT2D eigenvalue weighted by Crippen LogP contribution is -2.44. The van der Waals surface area contributed by atoms with Crippen LogP contribution < -0.4 is 10.6 Å². The molecule has 1 aliphatic rings. The van der Waals surface area contributed by atoms with Gasteiger partial charge < -0.3 is 10.6 Å². The van der Waals surface area contributed by atoms with Gasteiger partial charge in [0.25, 0.3) is 0 Å². The molecule has 11 heteroatoms. The standard InChI is InChI=1S/C23H32FN5O4S/c1-15-21(16(2)29(27-15)14-20(30)26-23(3,4)5)34(32,33)28-12-6-7-17(13-28)22(31)25-19-10-8-18(24)9-11-19/h8-11,17H,6-7,12-14H2,1-5H3,(H,25,31)(H,26,30)/t17-/m0/s1. The lowest BCUT2D eigenvalue weighted by molar-refractivity contribution is -0.123. The van der Waals surface area contributed by atoms with Crippen molar-refractivity contribution in [2.24, 2.45) is 5.92 Å². The van der Waals surface area contributed by atoms with Gasteiger partial charge in [0.2, 0.25) is 21.8 Å². The average molecular weight is 494 g/mol. The molecule has 1 fully saturated rings. The van der Waals surface area contributed by atoms with Crippen LogP contribution in [-0.2, 0) is 26.2 Å². The Kier molecular flexibility index (Phi) is 7.47. The summed E-state index contributed by atoms with van der Waals surface area (Å²) in [5.74, 6) is -1.52. The minimum atomic E-state index is -3.93. The summed E-state index contributed by atoms with van der Waals surface area (Å²) in [6.45, 7) is 9.03. The fourth-order valence-corrected chi connectivity index (χ4v) is 5.98. The zero-order chi connectivity index (χ0) is 25.3. The number of nitrogens with zero attached hydrogens (tertiary/aromatic N) is 3. The number of nitrogens with one attached hydrogen (secondary N) is 2. The Bertz CT molecular complexity index is 1170. The Morgan fingerprint density at radius 1 is 1.18 bits per heavy atom. The molecule has 0 saturated carbocycles. The van der Waals surface area contributed by atoms with E-state index >= 15 is 0 Å². The molecule has 2 amide bonds. The third kappa shape index (κ3) is 6.01. The number of hydrogen-bond acceptors (Lipinski definition) is 5. The van der Waals surface area contributed by atoms with Crippen molar-refractivity contribution in [3.63, 3.8) is 0 Å². The van der Waals surface area contributed by atoms with E-state index in [9.17, 15) is 22.4 Å². The lowest BCUT2D eigenvalue weighted by atomic mass is 9.99. The molecule has 0 spiro atoms. The van der Waals surface area contributed by atoms with Gasteiger partial charge in [-0.3, -0.25) is 14.3 Å². The fraction of sp³-hybridized carbons (Fsp3) is 0.522. The largest absolute Gasteiger partial charge is 0.350 e. The van der Waals surface area contributed by atoms with Crippen molar-refractivity contribution >= 4 is 27.5 Å². The van der Waals surface area contributed by atoms with E-state index in [1.165, 1.54) is 33.3 Å². The number of rotatable bonds is 6. The number of anilines is 1. The summed E-state index contributed by atoms with van der Waals surface area (Å²) in [6.07, 6.45) is 1.07. The van der Waals surface area contributed by atoms with Crippen LogP contribution in [0.25, 0.3) is 0 Å². The molecule has 0 bridgehead atoms. The molecule has 0 radical (unpaired) electrons. The number of hydrogen-bond donors (Lipinski definition) is 2. The number of carbonyl (C=O) groups is 2. The first-order valence-electron chi connectivity index (χ1n) is 11.2. The molecule has 3 rings (SSSR count). The van der Waals surface area contributed by atoms with Crippen LogP contribution in [-0.4, -0.2) is 52.9 Å². The Morgan fingerprint density at radius 3 is 2.44 bits per heavy atom. The molecule has 2 aromatic rings. The number of carbonyl (C=O) groups excluding carboxylic acids is 2. The molecule has 1 aromatic heterocycles. The number of sulfonamides is 1. The van der Waals surface area contributed by atoms with Gasteiger partial charge in [0.1, 0.15) is 17.3 Å². The minimum Gasteiger partial charge on any atom is -0.350 e. The topological polar surface area (TPSA) is 113 Å². The predicted molar refractivity (Wildman–Crippen MR) is 126 cm³/mol. The third-order valence-corrected chi connectivity index (χ3v) is 7.71. The van der Waals surface area contributed by atoms with Gasteiger partial charge >= 0.3 is 0 Å².